The predicted molar refractivity (Wildman–Crippen MR) is 124 cm³/mol. The maximum atomic E-state index is 13.1. The molecule has 1 N–H and O–H groups in total. The molecule has 3 aromatic heterocycles. The monoisotopic (exact) mass is 499 g/mol. The lowest BCUT2D eigenvalue weighted by Crippen LogP contribution is -2.27. The summed E-state index contributed by atoms with van der Waals surface area (Å²) in [4.78, 5) is 29.4. The van der Waals surface area contributed by atoms with Crippen molar-refractivity contribution in [3.63, 3.8) is 0 Å². The Balaban J connectivity index is 1.60. The molecule has 1 atom stereocenters. The van der Waals surface area contributed by atoms with E-state index >= 15 is 0 Å². The summed E-state index contributed by atoms with van der Waals surface area (Å²) in [5.74, 6) is -0.764. The molecule has 4 aromatic rings. The minimum atomic E-state index is -4.64. The van der Waals surface area contributed by atoms with Crippen LogP contribution >= 0.6 is 11.3 Å². The van der Waals surface area contributed by atoms with Gasteiger partial charge in [0.05, 0.1) is 12.2 Å². The Morgan fingerprint density at radius 3 is 2.31 bits per heavy atom. The summed E-state index contributed by atoms with van der Waals surface area (Å²) in [7, 11) is 0. The normalized spacial score (nSPS) is 12.3. The molecule has 1 amide bonds. The van der Waals surface area contributed by atoms with Crippen LogP contribution in [0.2, 0.25) is 0 Å². The van der Waals surface area contributed by atoms with Gasteiger partial charge in [0.2, 0.25) is 5.82 Å². The van der Waals surface area contributed by atoms with E-state index in [-0.39, 0.29) is 0 Å². The van der Waals surface area contributed by atoms with Crippen molar-refractivity contribution < 1.29 is 22.7 Å². The van der Waals surface area contributed by atoms with Gasteiger partial charge >= 0.3 is 6.18 Å². The summed E-state index contributed by atoms with van der Waals surface area (Å²) in [6, 6.07) is 7.99. The Hall–Kier alpha value is -3.86. The van der Waals surface area contributed by atoms with Crippen LogP contribution < -0.4 is 10.1 Å². The van der Waals surface area contributed by atoms with E-state index in [0.29, 0.717) is 33.2 Å². The number of nitrogens with one attached hydrogen (secondary N) is 1. The number of thiazole rings is 1. The lowest BCUT2D eigenvalue weighted by atomic mass is 10.1. The number of carbonyl (C=O) groups is 1. The van der Waals surface area contributed by atoms with Gasteiger partial charge in [-0.15, -0.1) is 11.3 Å². The fourth-order valence-corrected chi connectivity index (χ4v) is 3.87. The number of pyridine rings is 1. The van der Waals surface area contributed by atoms with Crippen LogP contribution in [-0.2, 0) is 6.18 Å². The van der Waals surface area contributed by atoms with Gasteiger partial charge in [0, 0.05) is 45.9 Å². The van der Waals surface area contributed by atoms with E-state index < -0.39 is 23.9 Å². The maximum Gasteiger partial charge on any atom is 0.451 e. The van der Waals surface area contributed by atoms with Crippen molar-refractivity contribution in [2.45, 2.75) is 33.0 Å². The highest BCUT2D eigenvalue weighted by Gasteiger charge is 2.34. The van der Waals surface area contributed by atoms with E-state index in [1.807, 2.05) is 19.9 Å². The number of aryl methyl sites for hydroxylation is 2. The van der Waals surface area contributed by atoms with E-state index in [1.165, 1.54) is 11.3 Å². The molecule has 11 heteroatoms. The first kappa shape index (κ1) is 24.3. The number of rotatable bonds is 6. The second-order valence-electron chi connectivity index (χ2n) is 7.79. The number of nitrogens with zero attached hydrogens (tertiary/aromatic N) is 4. The van der Waals surface area contributed by atoms with Crippen LogP contribution in [0.25, 0.3) is 10.6 Å². The molecule has 35 heavy (non-hydrogen) atoms. The van der Waals surface area contributed by atoms with Crippen LogP contribution in [0.4, 0.5) is 13.2 Å². The third-order valence-corrected chi connectivity index (χ3v) is 5.89. The number of carbonyl (C=O) groups excluding carboxylic acids is 1. The number of aromatic nitrogens is 4. The molecule has 0 aliphatic carbocycles. The smallest absolute Gasteiger partial charge is 0.451 e. The summed E-state index contributed by atoms with van der Waals surface area (Å²) in [5.41, 5.74) is 2.16. The third-order valence-electron chi connectivity index (χ3n) is 4.93. The van der Waals surface area contributed by atoms with Crippen molar-refractivity contribution in [3.8, 4) is 22.1 Å². The van der Waals surface area contributed by atoms with E-state index in [2.05, 4.69) is 25.3 Å². The Morgan fingerprint density at radius 1 is 0.971 bits per heavy atom. The van der Waals surface area contributed by atoms with Gasteiger partial charge in [-0.1, -0.05) is 0 Å². The predicted octanol–water partition coefficient (Wildman–Crippen LogP) is 5.91. The molecule has 180 valence electrons. The average molecular weight is 500 g/mol. The molecule has 0 fully saturated rings. The molecule has 0 aliphatic rings. The van der Waals surface area contributed by atoms with Crippen LogP contribution in [0.5, 0.6) is 11.5 Å². The van der Waals surface area contributed by atoms with Gasteiger partial charge in [0.25, 0.3) is 5.91 Å². The highest BCUT2D eigenvalue weighted by molar-refractivity contribution is 7.14. The second kappa shape index (κ2) is 9.79. The van der Waals surface area contributed by atoms with Crippen LogP contribution in [-0.4, -0.2) is 25.8 Å². The van der Waals surface area contributed by atoms with Gasteiger partial charge in [-0.3, -0.25) is 9.78 Å². The van der Waals surface area contributed by atoms with E-state index in [1.54, 1.807) is 43.6 Å². The van der Waals surface area contributed by atoms with E-state index in [0.717, 1.165) is 23.0 Å². The number of ether oxygens (including phenoxy) is 1. The maximum absolute atomic E-state index is 13.1. The molecule has 0 spiro atoms. The van der Waals surface area contributed by atoms with Crippen LogP contribution in [0, 0.1) is 13.8 Å². The fraction of sp³-hybridized carbons (Fsp3) is 0.208. The first-order valence-electron chi connectivity index (χ1n) is 10.5. The van der Waals surface area contributed by atoms with Gasteiger partial charge in [-0.25, -0.2) is 15.0 Å². The third kappa shape index (κ3) is 5.99. The van der Waals surface area contributed by atoms with E-state index in [4.69, 9.17) is 4.74 Å². The van der Waals surface area contributed by atoms with Gasteiger partial charge in [0.1, 0.15) is 16.5 Å². The topological polar surface area (TPSA) is 89.9 Å². The molecule has 7 nitrogen and oxygen atoms in total. The molecule has 4 rings (SSSR count). The molecular weight excluding hydrogens is 479 g/mol. The van der Waals surface area contributed by atoms with Crippen molar-refractivity contribution in [1.29, 1.82) is 0 Å². The van der Waals surface area contributed by atoms with E-state index in [9.17, 15) is 18.0 Å². The molecule has 0 saturated heterocycles. The molecule has 1 unspecified atom stereocenters. The van der Waals surface area contributed by atoms with Crippen molar-refractivity contribution in [3.05, 3.63) is 82.6 Å². The summed E-state index contributed by atoms with van der Waals surface area (Å²) in [6.45, 7) is 5.43. The quantitative estimate of drug-likeness (QED) is 0.355. The number of benzene rings is 1. The minimum Gasteiger partial charge on any atom is -0.456 e. The first-order valence-corrected chi connectivity index (χ1v) is 11.3. The summed E-state index contributed by atoms with van der Waals surface area (Å²) in [5, 5.41) is 3.48. The largest absolute Gasteiger partial charge is 0.456 e. The van der Waals surface area contributed by atoms with Crippen molar-refractivity contribution in [2.75, 3.05) is 0 Å². The number of hydrogen-bond acceptors (Lipinski definition) is 7. The summed E-state index contributed by atoms with van der Waals surface area (Å²) >= 11 is 1.47. The zero-order valence-corrected chi connectivity index (χ0v) is 19.7. The van der Waals surface area contributed by atoms with Gasteiger partial charge in [-0.2, -0.15) is 13.2 Å². The fourth-order valence-electron chi connectivity index (χ4n) is 3.12. The molecular formula is C24H20F3N5O2S. The zero-order chi connectivity index (χ0) is 25.2. The molecule has 1 aromatic carbocycles. The lowest BCUT2D eigenvalue weighted by Gasteiger charge is -2.16. The van der Waals surface area contributed by atoms with Gasteiger partial charge in [-0.05, 0) is 51.1 Å². The number of halogens is 3. The average Bonchev–Trinajstić information content (AvgIpc) is 3.26. The second-order valence-corrected chi connectivity index (χ2v) is 9.03. The highest BCUT2D eigenvalue weighted by Crippen LogP contribution is 2.32. The standard InChI is InChI=1S/C24H20F3N5O2S/c1-13-4-5-19(12-28-13)34-20-7-16(6-17(8-20)22-29-9-14(2)35-22)21(33)32-15(3)18-10-30-23(31-11-18)24(25,26)27/h4-12,15H,1-3H3,(H,32,33). The number of alkyl halides is 3. The lowest BCUT2D eigenvalue weighted by molar-refractivity contribution is -0.145. The van der Waals surface area contributed by atoms with Crippen LogP contribution in [0.15, 0.2) is 55.1 Å². The molecule has 3 heterocycles. The highest BCUT2D eigenvalue weighted by atomic mass is 32.1. The van der Waals surface area contributed by atoms with Crippen molar-refractivity contribution in [1.82, 2.24) is 25.3 Å². The molecule has 0 saturated carbocycles. The first-order chi connectivity index (χ1) is 16.6. The van der Waals surface area contributed by atoms with Crippen LogP contribution in [0.1, 0.15) is 45.3 Å². The van der Waals surface area contributed by atoms with Gasteiger partial charge < -0.3 is 10.1 Å². The Labute approximate surface area is 203 Å². The number of hydrogen-bond donors (Lipinski definition) is 1. The summed E-state index contributed by atoms with van der Waals surface area (Å²) < 4.78 is 44.1. The Kier molecular flexibility index (Phi) is 6.79. The molecule has 0 radical (unpaired) electrons. The summed E-state index contributed by atoms with van der Waals surface area (Å²) in [6.07, 6.45) is 0.789. The Bertz CT molecular complexity index is 1340. The number of amides is 1. The van der Waals surface area contributed by atoms with Crippen LogP contribution in [0.3, 0.4) is 0 Å². The van der Waals surface area contributed by atoms with Crippen molar-refractivity contribution in [2.24, 2.45) is 0 Å². The molecule has 0 bridgehead atoms. The minimum absolute atomic E-state index is 0.296. The molecule has 0 aliphatic heterocycles. The zero-order valence-electron chi connectivity index (χ0n) is 18.9. The van der Waals surface area contributed by atoms with Crippen molar-refractivity contribution >= 4 is 17.2 Å². The Morgan fingerprint density at radius 2 is 1.71 bits per heavy atom. The van der Waals surface area contributed by atoms with Gasteiger partial charge in [0.15, 0.2) is 0 Å². The SMILES string of the molecule is Cc1ccc(Oc2cc(C(=O)NC(C)c3cnc(C(F)(F)F)nc3)cc(-c3ncc(C)s3)c2)cn1.